The molecule has 0 saturated carbocycles. The number of aromatic nitrogens is 3. The van der Waals surface area contributed by atoms with Crippen molar-refractivity contribution < 1.29 is 4.74 Å². The van der Waals surface area contributed by atoms with Crippen molar-refractivity contribution in [2.24, 2.45) is 5.92 Å². The van der Waals surface area contributed by atoms with Gasteiger partial charge in [-0.05, 0) is 25.2 Å². The standard InChI is InChI=1S/C12H21N3O2S/c1-9(2)5-7-18-12-14-13-11(16)15(12)8-10-4-3-6-17-10/h9-10H,3-8H2,1-2H3,(H,13,16). The van der Waals surface area contributed by atoms with Gasteiger partial charge in [0.1, 0.15) is 0 Å². The Labute approximate surface area is 111 Å². The molecular weight excluding hydrogens is 250 g/mol. The summed E-state index contributed by atoms with van der Waals surface area (Å²) in [7, 11) is 0. The van der Waals surface area contributed by atoms with Crippen LogP contribution < -0.4 is 5.69 Å². The van der Waals surface area contributed by atoms with Crippen LogP contribution in [0.1, 0.15) is 33.1 Å². The maximum Gasteiger partial charge on any atom is 0.344 e. The van der Waals surface area contributed by atoms with E-state index in [4.69, 9.17) is 4.74 Å². The maximum atomic E-state index is 11.7. The molecule has 1 saturated heterocycles. The van der Waals surface area contributed by atoms with E-state index in [9.17, 15) is 4.79 Å². The zero-order chi connectivity index (χ0) is 13.0. The van der Waals surface area contributed by atoms with Crippen molar-refractivity contribution in [2.45, 2.75) is 50.9 Å². The summed E-state index contributed by atoms with van der Waals surface area (Å²) in [6, 6.07) is 0. The van der Waals surface area contributed by atoms with Crippen molar-refractivity contribution >= 4 is 11.8 Å². The zero-order valence-electron chi connectivity index (χ0n) is 11.0. The van der Waals surface area contributed by atoms with Gasteiger partial charge in [0.25, 0.3) is 0 Å². The van der Waals surface area contributed by atoms with Gasteiger partial charge < -0.3 is 4.74 Å². The molecule has 1 unspecified atom stereocenters. The minimum absolute atomic E-state index is 0.127. The third-order valence-electron chi connectivity index (χ3n) is 3.06. The number of hydrogen-bond donors (Lipinski definition) is 1. The van der Waals surface area contributed by atoms with Crippen LogP contribution in [0.25, 0.3) is 0 Å². The summed E-state index contributed by atoms with van der Waals surface area (Å²) in [5.74, 6) is 1.67. The van der Waals surface area contributed by atoms with Crippen molar-refractivity contribution in [3.8, 4) is 0 Å². The fraction of sp³-hybridized carbons (Fsp3) is 0.833. The van der Waals surface area contributed by atoms with Gasteiger partial charge in [0, 0.05) is 12.4 Å². The summed E-state index contributed by atoms with van der Waals surface area (Å²) in [6.07, 6.45) is 3.43. The van der Waals surface area contributed by atoms with Crippen LogP contribution in [-0.4, -0.2) is 33.2 Å². The molecule has 0 bridgehead atoms. The summed E-state index contributed by atoms with van der Waals surface area (Å²) in [6.45, 7) is 5.83. The first-order valence-electron chi connectivity index (χ1n) is 6.56. The van der Waals surface area contributed by atoms with Crippen LogP contribution in [-0.2, 0) is 11.3 Å². The fourth-order valence-corrected chi connectivity index (χ4v) is 3.15. The summed E-state index contributed by atoms with van der Waals surface area (Å²) in [4.78, 5) is 11.7. The smallest absolute Gasteiger partial charge is 0.344 e. The van der Waals surface area contributed by atoms with Crippen LogP contribution in [0.5, 0.6) is 0 Å². The molecule has 1 aromatic rings. The molecule has 18 heavy (non-hydrogen) atoms. The lowest BCUT2D eigenvalue weighted by atomic mass is 10.2. The molecule has 0 amide bonds. The SMILES string of the molecule is CC(C)CCSc1n[nH]c(=O)n1CC1CCCO1. The molecule has 6 heteroatoms. The van der Waals surface area contributed by atoms with E-state index < -0.39 is 0 Å². The van der Waals surface area contributed by atoms with Gasteiger partial charge in [-0.3, -0.25) is 4.57 Å². The molecule has 1 aliphatic heterocycles. The Bertz CT molecular complexity index is 421. The van der Waals surface area contributed by atoms with Gasteiger partial charge in [0.15, 0.2) is 5.16 Å². The average Bonchev–Trinajstić information content (AvgIpc) is 2.93. The highest BCUT2D eigenvalue weighted by Crippen LogP contribution is 2.19. The van der Waals surface area contributed by atoms with Crippen LogP contribution in [0.3, 0.4) is 0 Å². The molecule has 5 nitrogen and oxygen atoms in total. The largest absolute Gasteiger partial charge is 0.376 e. The quantitative estimate of drug-likeness (QED) is 0.803. The van der Waals surface area contributed by atoms with Crippen molar-refractivity contribution in [1.29, 1.82) is 0 Å². The molecule has 1 atom stereocenters. The lowest BCUT2D eigenvalue weighted by Crippen LogP contribution is -2.25. The summed E-state index contributed by atoms with van der Waals surface area (Å²) in [5, 5.41) is 7.41. The molecule has 0 radical (unpaired) electrons. The molecule has 0 aliphatic carbocycles. The Kier molecular flexibility index (Phi) is 4.88. The summed E-state index contributed by atoms with van der Waals surface area (Å²) in [5.41, 5.74) is -0.127. The first kappa shape index (κ1) is 13.7. The number of ether oxygens (including phenoxy) is 1. The van der Waals surface area contributed by atoms with Gasteiger partial charge >= 0.3 is 5.69 Å². The molecule has 2 heterocycles. The van der Waals surface area contributed by atoms with E-state index in [0.29, 0.717) is 12.5 Å². The molecule has 2 rings (SSSR count). The van der Waals surface area contributed by atoms with Gasteiger partial charge in [-0.15, -0.1) is 5.10 Å². The number of nitrogens with zero attached hydrogens (tertiary/aromatic N) is 2. The van der Waals surface area contributed by atoms with E-state index in [1.807, 2.05) is 0 Å². The molecule has 0 aromatic carbocycles. The van der Waals surface area contributed by atoms with E-state index in [-0.39, 0.29) is 11.8 Å². The third kappa shape index (κ3) is 3.62. The van der Waals surface area contributed by atoms with Crippen molar-refractivity contribution in [3.63, 3.8) is 0 Å². The second kappa shape index (κ2) is 6.43. The topological polar surface area (TPSA) is 59.9 Å². The van der Waals surface area contributed by atoms with E-state index in [2.05, 4.69) is 24.0 Å². The number of nitrogens with one attached hydrogen (secondary N) is 1. The average molecular weight is 271 g/mol. The van der Waals surface area contributed by atoms with Gasteiger partial charge in [-0.2, -0.15) is 0 Å². The fourth-order valence-electron chi connectivity index (χ4n) is 1.95. The zero-order valence-corrected chi connectivity index (χ0v) is 11.8. The predicted molar refractivity (Wildman–Crippen MR) is 72.0 cm³/mol. The predicted octanol–water partition coefficient (Wildman–Crippen LogP) is 1.89. The van der Waals surface area contributed by atoms with Crippen molar-refractivity contribution in [3.05, 3.63) is 10.5 Å². The Morgan fingerprint density at radius 1 is 1.61 bits per heavy atom. The van der Waals surface area contributed by atoms with Crippen LogP contribution in [0.15, 0.2) is 9.95 Å². The molecule has 1 fully saturated rings. The van der Waals surface area contributed by atoms with Gasteiger partial charge in [0.2, 0.25) is 0 Å². The molecule has 102 valence electrons. The van der Waals surface area contributed by atoms with Crippen molar-refractivity contribution in [2.75, 3.05) is 12.4 Å². The Hall–Kier alpha value is -0.750. The summed E-state index contributed by atoms with van der Waals surface area (Å²) < 4.78 is 7.28. The Morgan fingerprint density at radius 3 is 3.11 bits per heavy atom. The summed E-state index contributed by atoms with van der Waals surface area (Å²) >= 11 is 1.64. The minimum atomic E-state index is -0.127. The highest BCUT2D eigenvalue weighted by molar-refractivity contribution is 7.99. The number of aromatic amines is 1. The van der Waals surface area contributed by atoms with Gasteiger partial charge in [-0.1, -0.05) is 25.6 Å². The Morgan fingerprint density at radius 2 is 2.44 bits per heavy atom. The van der Waals surface area contributed by atoms with Gasteiger partial charge in [0.05, 0.1) is 12.6 Å². The second-order valence-electron chi connectivity index (χ2n) is 5.09. The van der Waals surface area contributed by atoms with E-state index in [0.717, 1.165) is 36.8 Å². The first-order valence-corrected chi connectivity index (χ1v) is 7.55. The highest BCUT2D eigenvalue weighted by Gasteiger charge is 2.19. The van der Waals surface area contributed by atoms with E-state index >= 15 is 0 Å². The first-order chi connectivity index (χ1) is 8.66. The normalized spacial score (nSPS) is 19.8. The van der Waals surface area contributed by atoms with E-state index in [1.54, 1.807) is 16.3 Å². The lowest BCUT2D eigenvalue weighted by molar-refractivity contribution is 0.0941. The molecule has 1 N–H and O–H groups in total. The lowest BCUT2D eigenvalue weighted by Gasteiger charge is -2.11. The van der Waals surface area contributed by atoms with Crippen LogP contribution in [0.2, 0.25) is 0 Å². The Balaban J connectivity index is 1.95. The second-order valence-corrected chi connectivity index (χ2v) is 6.15. The van der Waals surface area contributed by atoms with Crippen LogP contribution >= 0.6 is 11.8 Å². The minimum Gasteiger partial charge on any atom is -0.376 e. The number of hydrogen-bond acceptors (Lipinski definition) is 4. The van der Waals surface area contributed by atoms with Crippen LogP contribution in [0, 0.1) is 5.92 Å². The number of H-pyrrole nitrogens is 1. The monoisotopic (exact) mass is 271 g/mol. The number of rotatable bonds is 6. The highest BCUT2D eigenvalue weighted by atomic mass is 32.2. The molecule has 1 aliphatic rings. The van der Waals surface area contributed by atoms with E-state index in [1.165, 1.54) is 0 Å². The third-order valence-corrected chi connectivity index (χ3v) is 4.07. The van der Waals surface area contributed by atoms with Crippen molar-refractivity contribution in [1.82, 2.24) is 14.8 Å². The molecule has 0 spiro atoms. The van der Waals surface area contributed by atoms with Crippen LogP contribution in [0.4, 0.5) is 0 Å². The molecular formula is C12H21N3O2S. The number of thioether (sulfide) groups is 1. The molecule has 1 aromatic heterocycles. The van der Waals surface area contributed by atoms with Gasteiger partial charge in [-0.25, -0.2) is 9.89 Å². The maximum absolute atomic E-state index is 11.7.